The second kappa shape index (κ2) is 12.1. The van der Waals surface area contributed by atoms with E-state index < -0.39 is 12.8 Å². The molecule has 0 amide bonds. The molecule has 10 heteroatoms. The minimum Gasteiger partial charge on any atom is -0.484 e. The van der Waals surface area contributed by atoms with Gasteiger partial charge in [-0.15, -0.1) is 24.0 Å². The van der Waals surface area contributed by atoms with E-state index in [1.54, 1.807) is 18.2 Å². The van der Waals surface area contributed by atoms with Crippen molar-refractivity contribution in [3.63, 3.8) is 0 Å². The normalized spacial score (nSPS) is 15.5. The third-order valence-electron chi connectivity index (χ3n) is 4.43. The van der Waals surface area contributed by atoms with Crippen molar-refractivity contribution < 1.29 is 27.4 Å². The Morgan fingerprint density at radius 1 is 1.28 bits per heavy atom. The number of nitrogens with one attached hydrogen (secondary N) is 1. The summed E-state index contributed by atoms with van der Waals surface area (Å²) in [6, 6.07) is 6.56. The predicted molar refractivity (Wildman–Crippen MR) is 115 cm³/mol. The third-order valence-corrected chi connectivity index (χ3v) is 4.43. The van der Waals surface area contributed by atoms with E-state index in [1.165, 1.54) is 13.2 Å². The lowest BCUT2D eigenvalue weighted by Crippen LogP contribution is -2.46. The number of para-hydroxylation sites is 1. The molecular formula is C19H27F3IN3O3. The Balaban J connectivity index is 0.00000420. The molecule has 1 aliphatic heterocycles. The van der Waals surface area contributed by atoms with Crippen LogP contribution in [-0.2, 0) is 16.1 Å². The molecule has 0 aliphatic carbocycles. The van der Waals surface area contributed by atoms with Crippen molar-refractivity contribution in [2.24, 2.45) is 10.9 Å². The van der Waals surface area contributed by atoms with Crippen LogP contribution in [0.1, 0.15) is 25.3 Å². The molecule has 2 rings (SSSR count). The molecule has 0 radical (unpaired) electrons. The monoisotopic (exact) mass is 529 g/mol. The zero-order chi connectivity index (χ0) is 20.6. The molecule has 164 valence electrons. The molecule has 1 aromatic rings. The second-order valence-electron chi connectivity index (χ2n) is 6.47. The van der Waals surface area contributed by atoms with Crippen LogP contribution in [0.25, 0.3) is 0 Å². The molecule has 0 atom stereocenters. The fourth-order valence-corrected chi connectivity index (χ4v) is 3.01. The van der Waals surface area contributed by atoms with Crippen LogP contribution in [0.3, 0.4) is 0 Å². The van der Waals surface area contributed by atoms with Gasteiger partial charge in [0, 0.05) is 25.2 Å². The molecule has 0 spiro atoms. The number of aliphatic imine (C=N–C) groups is 1. The van der Waals surface area contributed by atoms with Crippen molar-refractivity contribution in [2.45, 2.75) is 32.5 Å². The Hall–Kier alpha value is -1.72. The highest BCUT2D eigenvalue weighted by Gasteiger charge is 2.29. The van der Waals surface area contributed by atoms with Crippen molar-refractivity contribution in [3.05, 3.63) is 29.8 Å². The summed E-state index contributed by atoms with van der Waals surface area (Å²) < 4.78 is 47.0. The van der Waals surface area contributed by atoms with Crippen molar-refractivity contribution in [1.29, 1.82) is 0 Å². The summed E-state index contributed by atoms with van der Waals surface area (Å²) in [5.41, 5.74) is 0.576. The second-order valence-corrected chi connectivity index (χ2v) is 6.47. The Kier molecular flexibility index (Phi) is 10.5. The first-order valence-corrected chi connectivity index (χ1v) is 9.22. The molecular weight excluding hydrogens is 502 g/mol. The number of piperidine rings is 1. The van der Waals surface area contributed by atoms with E-state index in [9.17, 15) is 18.0 Å². The van der Waals surface area contributed by atoms with Crippen LogP contribution in [-0.4, -0.2) is 56.4 Å². The summed E-state index contributed by atoms with van der Waals surface area (Å²) in [5, 5.41) is 3.20. The van der Waals surface area contributed by atoms with Gasteiger partial charge in [0.15, 0.2) is 12.6 Å². The number of hydrogen-bond donors (Lipinski definition) is 1. The first-order chi connectivity index (χ1) is 13.3. The molecule has 0 saturated carbocycles. The van der Waals surface area contributed by atoms with Gasteiger partial charge in [-0.3, -0.25) is 4.79 Å². The van der Waals surface area contributed by atoms with Crippen molar-refractivity contribution in [2.75, 3.05) is 33.4 Å². The smallest absolute Gasteiger partial charge is 0.422 e. The van der Waals surface area contributed by atoms with E-state index in [0.717, 1.165) is 0 Å². The molecule has 6 nitrogen and oxygen atoms in total. The Labute approximate surface area is 185 Å². The Morgan fingerprint density at radius 3 is 2.52 bits per heavy atom. The highest BCUT2D eigenvalue weighted by Crippen LogP contribution is 2.23. The van der Waals surface area contributed by atoms with Gasteiger partial charge in [-0.1, -0.05) is 18.2 Å². The van der Waals surface area contributed by atoms with Crippen LogP contribution < -0.4 is 10.1 Å². The van der Waals surface area contributed by atoms with Gasteiger partial charge in [0.2, 0.25) is 0 Å². The minimum absolute atomic E-state index is 0. The molecule has 1 fully saturated rings. The van der Waals surface area contributed by atoms with Crippen LogP contribution in [0.5, 0.6) is 5.75 Å². The van der Waals surface area contributed by atoms with Crippen molar-refractivity contribution >= 4 is 35.9 Å². The molecule has 0 bridgehead atoms. The number of hydrogen-bond acceptors (Lipinski definition) is 4. The van der Waals surface area contributed by atoms with E-state index in [4.69, 9.17) is 9.47 Å². The maximum absolute atomic E-state index is 12.4. The van der Waals surface area contributed by atoms with E-state index in [-0.39, 0.29) is 48.2 Å². The molecule has 1 saturated heterocycles. The Bertz CT molecular complexity index is 678. The lowest BCUT2D eigenvalue weighted by Gasteiger charge is -2.33. The van der Waals surface area contributed by atoms with Gasteiger partial charge in [-0.2, -0.15) is 13.2 Å². The van der Waals surface area contributed by atoms with Crippen LogP contribution in [0.15, 0.2) is 29.3 Å². The lowest BCUT2D eigenvalue weighted by atomic mass is 9.97. The fraction of sp³-hybridized carbons (Fsp3) is 0.579. The topological polar surface area (TPSA) is 63.2 Å². The standard InChI is InChI=1S/C19H26F3N3O3.HI/c1-3-23-18(25-10-8-14(9-11-25)17(26)27-2)24-12-15-6-4-5-7-16(15)28-13-19(20,21)22;/h4-7,14H,3,8-13H2,1-2H3,(H,23,24);1H. The summed E-state index contributed by atoms with van der Waals surface area (Å²) in [6.45, 7) is 2.75. The van der Waals surface area contributed by atoms with Gasteiger partial charge in [-0.25, -0.2) is 4.99 Å². The number of alkyl halides is 3. The van der Waals surface area contributed by atoms with E-state index in [0.29, 0.717) is 44.0 Å². The molecule has 29 heavy (non-hydrogen) atoms. The first-order valence-electron chi connectivity index (χ1n) is 9.22. The van der Waals surface area contributed by atoms with Gasteiger partial charge < -0.3 is 19.7 Å². The number of likely N-dealkylation sites (tertiary alicyclic amines) is 1. The first kappa shape index (κ1) is 25.3. The number of ether oxygens (including phenoxy) is 2. The zero-order valence-corrected chi connectivity index (χ0v) is 18.8. The molecule has 1 heterocycles. The summed E-state index contributed by atoms with van der Waals surface area (Å²) in [6.07, 6.45) is -3.06. The average Bonchev–Trinajstić information content (AvgIpc) is 2.69. The molecule has 1 aliphatic rings. The van der Waals surface area contributed by atoms with Crippen LogP contribution in [0.2, 0.25) is 0 Å². The van der Waals surface area contributed by atoms with Gasteiger partial charge in [0.05, 0.1) is 19.6 Å². The number of rotatable bonds is 6. The number of carbonyl (C=O) groups is 1. The number of guanidine groups is 1. The van der Waals surface area contributed by atoms with Gasteiger partial charge in [0.25, 0.3) is 0 Å². The van der Waals surface area contributed by atoms with E-state index in [1.807, 2.05) is 11.8 Å². The molecule has 1 N–H and O–H groups in total. The quantitative estimate of drug-likeness (QED) is 0.264. The number of benzene rings is 1. The van der Waals surface area contributed by atoms with Crippen molar-refractivity contribution in [3.8, 4) is 5.75 Å². The van der Waals surface area contributed by atoms with E-state index in [2.05, 4.69) is 10.3 Å². The number of halogens is 4. The number of methoxy groups -OCH3 is 1. The summed E-state index contributed by atoms with van der Waals surface area (Å²) in [7, 11) is 1.39. The number of nitrogens with zero attached hydrogens (tertiary/aromatic N) is 2. The maximum atomic E-state index is 12.4. The predicted octanol–water partition coefficient (Wildman–Crippen LogP) is 3.60. The molecule has 0 aromatic heterocycles. The summed E-state index contributed by atoms with van der Waals surface area (Å²) >= 11 is 0. The largest absolute Gasteiger partial charge is 0.484 e. The van der Waals surface area contributed by atoms with Crippen LogP contribution >= 0.6 is 24.0 Å². The number of esters is 1. The zero-order valence-electron chi connectivity index (χ0n) is 16.5. The van der Waals surface area contributed by atoms with E-state index >= 15 is 0 Å². The highest BCUT2D eigenvalue weighted by molar-refractivity contribution is 14.0. The van der Waals surface area contributed by atoms with Crippen LogP contribution in [0.4, 0.5) is 13.2 Å². The lowest BCUT2D eigenvalue weighted by molar-refractivity contribution is -0.153. The third kappa shape index (κ3) is 8.27. The SMILES string of the molecule is CCNC(=NCc1ccccc1OCC(F)(F)F)N1CCC(C(=O)OC)CC1.I. The van der Waals surface area contributed by atoms with Crippen molar-refractivity contribution in [1.82, 2.24) is 10.2 Å². The summed E-state index contributed by atoms with van der Waals surface area (Å²) in [4.78, 5) is 18.3. The van der Waals surface area contributed by atoms with Gasteiger partial charge in [-0.05, 0) is 25.8 Å². The fourth-order valence-electron chi connectivity index (χ4n) is 3.01. The summed E-state index contributed by atoms with van der Waals surface area (Å²) in [5.74, 6) is 0.526. The van der Waals surface area contributed by atoms with Crippen LogP contribution in [0, 0.1) is 5.92 Å². The van der Waals surface area contributed by atoms with Gasteiger partial charge in [0.1, 0.15) is 5.75 Å². The average molecular weight is 529 g/mol. The molecule has 0 unspecified atom stereocenters. The highest BCUT2D eigenvalue weighted by atomic mass is 127. The Morgan fingerprint density at radius 2 is 1.93 bits per heavy atom. The maximum Gasteiger partial charge on any atom is 0.422 e. The van der Waals surface area contributed by atoms with Gasteiger partial charge >= 0.3 is 12.1 Å². The minimum atomic E-state index is -4.39. The molecule has 1 aromatic carbocycles. The number of carbonyl (C=O) groups excluding carboxylic acids is 1.